The highest BCUT2D eigenvalue weighted by Crippen LogP contribution is 2.40. The smallest absolute Gasteiger partial charge is 0.327 e. The molecule has 2 aliphatic rings. The van der Waals surface area contributed by atoms with E-state index in [1.165, 1.54) is 4.90 Å². The van der Waals surface area contributed by atoms with Gasteiger partial charge in [-0.3, -0.25) is 14.5 Å². The molecular weight excluding hydrogens is 282 g/mol. The van der Waals surface area contributed by atoms with Crippen LogP contribution in [-0.4, -0.2) is 47.8 Å². The second kappa shape index (κ2) is 5.79. The van der Waals surface area contributed by atoms with Gasteiger partial charge in [0.25, 0.3) is 5.91 Å². The number of hydrogen-bond donors (Lipinski definition) is 1. The molecule has 2 fully saturated rings. The van der Waals surface area contributed by atoms with Gasteiger partial charge in [0.1, 0.15) is 13.1 Å². The Morgan fingerprint density at radius 2 is 1.95 bits per heavy atom. The van der Waals surface area contributed by atoms with E-state index >= 15 is 0 Å². The van der Waals surface area contributed by atoms with Gasteiger partial charge >= 0.3 is 6.03 Å². The van der Waals surface area contributed by atoms with Gasteiger partial charge in [0.15, 0.2) is 0 Å². The zero-order valence-corrected chi connectivity index (χ0v) is 12.5. The van der Waals surface area contributed by atoms with E-state index in [2.05, 4.69) is 5.32 Å². The van der Waals surface area contributed by atoms with Gasteiger partial charge in [-0.15, -0.1) is 0 Å². The third-order valence-corrected chi connectivity index (χ3v) is 4.10. The molecule has 0 bridgehead atoms. The van der Waals surface area contributed by atoms with Crippen LogP contribution in [0.4, 0.5) is 4.79 Å². The van der Waals surface area contributed by atoms with Gasteiger partial charge in [0.2, 0.25) is 5.91 Å². The summed E-state index contributed by atoms with van der Waals surface area (Å²) in [6, 6.07) is 9.35. The maximum absolute atomic E-state index is 12.2. The van der Waals surface area contributed by atoms with Crippen LogP contribution in [-0.2, 0) is 9.59 Å². The molecule has 116 valence electrons. The standard InChI is InChI=1S/C16H19N3O3/c1-18-10-14(21)19(16(18)22)9-13(20)17-15(12-7-8-12)11-5-3-2-4-6-11/h2-6,12,15H,7-10H2,1H3,(H,17,20). The van der Waals surface area contributed by atoms with Gasteiger partial charge in [-0.05, 0) is 24.3 Å². The number of nitrogens with zero attached hydrogens (tertiary/aromatic N) is 2. The van der Waals surface area contributed by atoms with E-state index in [0.717, 1.165) is 23.3 Å². The molecule has 22 heavy (non-hydrogen) atoms. The van der Waals surface area contributed by atoms with Crippen molar-refractivity contribution in [3.8, 4) is 0 Å². The fraction of sp³-hybridized carbons (Fsp3) is 0.438. The van der Waals surface area contributed by atoms with Crippen molar-refractivity contribution >= 4 is 17.8 Å². The molecule has 1 aromatic rings. The van der Waals surface area contributed by atoms with E-state index in [1.54, 1.807) is 7.05 Å². The molecule has 6 heteroatoms. The minimum Gasteiger partial charge on any atom is -0.347 e. The fourth-order valence-corrected chi connectivity index (χ4v) is 2.75. The van der Waals surface area contributed by atoms with Crippen LogP contribution < -0.4 is 5.32 Å². The zero-order chi connectivity index (χ0) is 15.7. The molecule has 1 aliphatic heterocycles. The van der Waals surface area contributed by atoms with E-state index in [4.69, 9.17) is 0 Å². The second-order valence-electron chi connectivity index (χ2n) is 5.91. The van der Waals surface area contributed by atoms with Gasteiger partial charge in [0.05, 0.1) is 6.04 Å². The first kappa shape index (κ1) is 14.6. The quantitative estimate of drug-likeness (QED) is 0.829. The minimum atomic E-state index is -0.414. The average Bonchev–Trinajstić information content (AvgIpc) is 3.31. The van der Waals surface area contributed by atoms with Crippen LogP contribution in [0.1, 0.15) is 24.4 Å². The van der Waals surface area contributed by atoms with Crippen molar-refractivity contribution in [2.45, 2.75) is 18.9 Å². The van der Waals surface area contributed by atoms with Crippen molar-refractivity contribution < 1.29 is 14.4 Å². The number of hydrogen-bond acceptors (Lipinski definition) is 3. The van der Waals surface area contributed by atoms with Gasteiger partial charge in [-0.1, -0.05) is 30.3 Å². The summed E-state index contributed by atoms with van der Waals surface area (Å²) in [7, 11) is 1.55. The predicted molar refractivity (Wildman–Crippen MR) is 79.8 cm³/mol. The number of imide groups is 1. The Hall–Kier alpha value is -2.37. The van der Waals surface area contributed by atoms with Crippen molar-refractivity contribution in [3.05, 3.63) is 35.9 Å². The van der Waals surface area contributed by atoms with E-state index in [9.17, 15) is 14.4 Å². The van der Waals surface area contributed by atoms with Crippen LogP contribution in [0.5, 0.6) is 0 Å². The molecule has 1 atom stereocenters. The Kier molecular flexibility index (Phi) is 3.83. The highest BCUT2D eigenvalue weighted by Gasteiger charge is 2.37. The molecule has 1 aromatic carbocycles. The number of likely N-dealkylation sites (N-methyl/N-ethyl adjacent to an activating group) is 1. The topological polar surface area (TPSA) is 69.7 Å². The first-order valence-electron chi connectivity index (χ1n) is 7.46. The van der Waals surface area contributed by atoms with E-state index in [0.29, 0.717) is 5.92 Å². The number of urea groups is 1. The molecular formula is C16H19N3O3. The van der Waals surface area contributed by atoms with Gasteiger partial charge in [0, 0.05) is 7.05 Å². The molecule has 1 aliphatic carbocycles. The molecule has 1 saturated carbocycles. The van der Waals surface area contributed by atoms with E-state index in [-0.39, 0.29) is 30.9 Å². The predicted octanol–water partition coefficient (Wildman–Crippen LogP) is 1.15. The Labute approximate surface area is 129 Å². The van der Waals surface area contributed by atoms with Crippen molar-refractivity contribution in [1.82, 2.24) is 15.1 Å². The molecule has 0 spiro atoms. The highest BCUT2D eigenvalue weighted by molar-refractivity contribution is 6.04. The first-order valence-corrected chi connectivity index (χ1v) is 7.46. The minimum absolute atomic E-state index is 0.0385. The van der Waals surface area contributed by atoms with E-state index < -0.39 is 6.03 Å². The number of benzene rings is 1. The molecule has 0 radical (unpaired) electrons. The average molecular weight is 301 g/mol. The number of amides is 4. The molecule has 4 amide bonds. The van der Waals surface area contributed by atoms with Crippen LogP contribution >= 0.6 is 0 Å². The molecule has 1 heterocycles. The van der Waals surface area contributed by atoms with Crippen molar-refractivity contribution in [3.63, 3.8) is 0 Å². The first-order chi connectivity index (χ1) is 10.6. The van der Waals surface area contributed by atoms with Gasteiger partial charge < -0.3 is 10.2 Å². The van der Waals surface area contributed by atoms with Gasteiger partial charge in [-0.25, -0.2) is 4.79 Å². The van der Waals surface area contributed by atoms with E-state index in [1.807, 2.05) is 30.3 Å². The van der Waals surface area contributed by atoms with Crippen LogP contribution in [0.2, 0.25) is 0 Å². The highest BCUT2D eigenvalue weighted by atomic mass is 16.2. The van der Waals surface area contributed by atoms with Crippen LogP contribution in [0.3, 0.4) is 0 Å². The Morgan fingerprint density at radius 1 is 1.27 bits per heavy atom. The summed E-state index contributed by atoms with van der Waals surface area (Å²) in [5.74, 6) is -0.179. The summed E-state index contributed by atoms with van der Waals surface area (Å²) in [6.45, 7) is -0.172. The summed E-state index contributed by atoms with van der Waals surface area (Å²) in [6.07, 6.45) is 2.17. The van der Waals surface area contributed by atoms with Crippen LogP contribution in [0.25, 0.3) is 0 Å². The Morgan fingerprint density at radius 3 is 2.50 bits per heavy atom. The van der Waals surface area contributed by atoms with Gasteiger partial charge in [-0.2, -0.15) is 0 Å². The van der Waals surface area contributed by atoms with Crippen LogP contribution in [0.15, 0.2) is 30.3 Å². The largest absolute Gasteiger partial charge is 0.347 e. The third-order valence-electron chi connectivity index (χ3n) is 4.10. The zero-order valence-electron chi connectivity index (χ0n) is 12.5. The second-order valence-corrected chi connectivity index (χ2v) is 5.91. The monoisotopic (exact) mass is 301 g/mol. The van der Waals surface area contributed by atoms with Crippen molar-refractivity contribution in [2.24, 2.45) is 5.92 Å². The molecule has 1 N–H and O–H groups in total. The maximum atomic E-state index is 12.2. The number of carbonyl (C=O) groups is 3. The normalized spacial score (nSPS) is 19.5. The summed E-state index contributed by atoms with van der Waals surface area (Å²) < 4.78 is 0. The summed E-state index contributed by atoms with van der Waals surface area (Å²) in [5, 5.41) is 2.97. The van der Waals surface area contributed by atoms with Crippen molar-refractivity contribution in [1.29, 1.82) is 0 Å². The maximum Gasteiger partial charge on any atom is 0.327 e. The molecule has 6 nitrogen and oxygen atoms in total. The molecule has 1 unspecified atom stereocenters. The van der Waals surface area contributed by atoms with Crippen LogP contribution in [0, 0.1) is 5.92 Å². The summed E-state index contributed by atoms with van der Waals surface area (Å²) in [5.41, 5.74) is 1.06. The number of nitrogens with one attached hydrogen (secondary N) is 1. The number of rotatable bonds is 5. The molecule has 1 saturated heterocycles. The SMILES string of the molecule is CN1CC(=O)N(CC(=O)NC(c2ccccc2)C2CC2)C1=O. The molecule has 0 aromatic heterocycles. The summed E-state index contributed by atoms with van der Waals surface area (Å²) in [4.78, 5) is 38.1. The lowest BCUT2D eigenvalue weighted by Gasteiger charge is -2.20. The molecule has 3 rings (SSSR count). The lowest BCUT2D eigenvalue weighted by Crippen LogP contribution is -2.42. The number of carbonyl (C=O) groups excluding carboxylic acids is 3. The lowest BCUT2D eigenvalue weighted by atomic mass is 10.0. The fourth-order valence-electron chi connectivity index (χ4n) is 2.75. The lowest BCUT2D eigenvalue weighted by molar-refractivity contribution is -0.131. The summed E-state index contributed by atoms with van der Waals surface area (Å²) >= 11 is 0. The third kappa shape index (κ3) is 2.95. The van der Waals surface area contributed by atoms with Crippen molar-refractivity contribution in [2.75, 3.05) is 20.1 Å². The Balaban J connectivity index is 1.65. The Bertz CT molecular complexity index is 598.